The van der Waals surface area contributed by atoms with Crippen LogP contribution >= 0.6 is 0 Å². The largest absolute Gasteiger partial charge is 0.463 e. The van der Waals surface area contributed by atoms with E-state index in [0.717, 1.165) is 5.92 Å². The Morgan fingerprint density at radius 2 is 1.89 bits per heavy atom. The first-order valence-electron chi connectivity index (χ1n) is 7.61. The van der Waals surface area contributed by atoms with E-state index in [2.05, 4.69) is 13.0 Å². The Bertz CT molecular complexity index is 250. The van der Waals surface area contributed by atoms with Crippen LogP contribution in [0.25, 0.3) is 0 Å². The molecule has 0 N–H and O–H groups in total. The minimum absolute atomic E-state index is 0.192. The summed E-state index contributed by atoms with van der Waals surface area (Å²) in [7, 11) is 0. The molecule has 0 aromatic rings. The highest BCUT2D eigenvalue weighted by Crippen LogP contribution is 2.32. The number of esters is 1. The molecule has 0 unspecified atom stereocenters. The Morgan fingerprint density at radius 1 is 1.17 bits per heavy atom. The van der Waals surface area contributed by atoms with Crippen LogP contribution in [0.3, 0.4) is 0 Å². The van der Waals surface area contributed by atoms with Crippen LogP contribution in [0.5, 0.6) is 0 Å². The molecule has 1 aliphatic rings. The molecule has 18 heavy (non-hydrogen) atoms. The van der Waals surface area contributed by atoms with Gasteiger partial charge in [0.25, 0.3) is 0 Å². The predicted octanol–water partition coefficient (Wildman–Crippen LogP) is 4.49. The number of allylic oxidation sites excluding steroid dienone is 1. The maximum Gasteiger partial charge on any atom is 0.330 e. The lowest BCUT2D eigenvalue weighted by molar-refractivity contribution is -0.137. The van der Waals surface area contributed by atoms with Gasteiger partial charge in [-0.15, -0.1) is 0 Å². The molecule has 0 bridgehead atoms. The summed E-state index contributed by atoms with van der Waals surface area (Å²) in [4.78, 5) is 11.2. The van der Waals surface area contributed by atoms with Gasteiger partial charge in [0, 0.05) is 6.08 Å². The van der Waals surface area contributed by atoms with Gasteiger partial charge in [-0.3, -0.25) is 0 Å². The molecule has 1 aliphatic carbocycles. The fourth-order valence-electron chi connectivity index (χ4n) is 2.76. The van der Waals surface area contributed by atoms with Crippen molar-refractivity contribution in [2.24, 2.45) is 11.8 Å². The molecule has 2 nitrogen and oxygen atoms in total. The predicted molar refractivity (Wildman–Crippen MR) is 75.4 cm³/mol. The lowest BCUT2D eigenvalue weighted by Gasteiger charge is -2.26. The summed E-state index contributed by atoms with van der Waals surface area (Å²) in [5.74, 6) is 1.34. The molecule has 1 saturated carbocycles. The third-order valence-electron chi connectivity index (χ3n) is 3.90. The second-order valence-corrected chi connectivity index (χ2v) is 5.39. The summed E-state index contributed by atoms with van der Waals surface area (Å²) in [6.45, 7) is 4.57. The van der Waals surface area contributed by atoms with Crippen LogP contribution in [-0.4, -0.2) is 12.6 Å². The average Bonchev–Trinajstić information content (AvgIpc) is 2.38. The molecule has 1 fully saturated rings. The first-order valence-corrected chi connectivity index (χ1v) is 7.61. The molecule has 0 aromatic heterocycles. The average molecular weight is 252 g/mol. The number of unbranched alkanes of at least 4 members (excludes halogenated alkanes) is 2. The Balaban J connectivity index is 2.16. The number of ether oxygens (including phenoxy) is 1. The standard InChI is InChI=1S/C16H28O2/c1-3-5-6-7-14-8-10-15(11-9-14)12-13-16(17)18-4-2/h12-15H,3-11H2,1-2H3. The van der Waals surface area contributed by atoms with Crippen LogP contribution in [0.4, 0.5) is 0 Å². The highest BCUT2D eigenvalue weighted by molar-refractivity contribution is 5.81. The van der Waals surface area contributed by atoms with Crippen molar-refractivity contribution < 1.29 is 9.53 Å². The highest BCUT2D eigenvalue weighted by Gasteiger charge is 2.19. The second-order valence-electron chi connectivity index (χ2n) is 5.39. The van der Waals surface area contributed by atoms with Crippen molar-refractivity contribution in [3.63, 3.8) is 0 Å². The van der Waals surface area contributed by atoms with Crippen molar-refractivity contribution in [3.8, 4) is 0 Å². The van der Waals surface area contributed by atoms with E-state index in [9.17, 15) is 4.79 Å². The van der Waals surface area contributed by atoms with Gasteiger partial charge in [-0.2, -0.15) is 0 Å². The van der Waals surface area contributed by atoms with E-state index >= 15 is 0 Å². The van der Waals surface area contributed by atoms with E-state index < -0.39 is 0 Å². The molecule has 104 valence electrons. The smallest absolute Gasteiger partial charge is 0.330 e. The minimum atomic E-state index is -0.192. The normalized spacial score (nSPS) is 24.3. The van der Waals surface area contributed by atoms with E-state index in [-0.39, 0.29) is 5.97 Å². The molecule has 0 spiro atoms. The molecule has 0 atom stereocenters. The molecule has 0 saturated heterocycles. The van der Waals surface area contributed by atoms with Crippen molar-refractivity contribution in [1.29, 1.82) is 0 Å². The van der Waals surface area contributed by atoms with Gasteiger partial charge >= 0.3 is 5.97 Å². The summed E-state index contributed by atoms with van der Waals surface area (Å²) in [5.41, 5.74) is 0. The third kappa shape index (κ3) is 6.23. The number of carbonyl (C=O) groups excluding carboxylic acids is 1. The van der Waals surface area contributed by atoms with Gasteiger partial charge in [-0.25, -0.2) is 4.79 Å². The molecule has 0 heterocycles. The van der Waals surface area contributed by atoms with Crippen LogP contribution in [-0.2, 0) is 9.53 Å². The Morgan fingerprint density at radius 3 is 2.50 bits per heavy atom. The monoisotopic (exact) mass is 252 g/mol. The third-order valence-corrected chi connectivity index (χ3v) is 3.90. The summed E-state index contributed by atoms with van der Waals surface area (Å²) >= 11 is 0. The van der Waals surface area contributed by atoms with Crippen LogP contribution < -0.4 is 0 Å². The molecule has 0 amide bonds. The summed E-state index contributed by atoms with van der Waals surface area (Å²) in [5, 5.41) is 0. The molecular weight excluding hydrogens is 224 g/mol. The number of rotatable bonds is 7. The Kier molecular flexibility index (Phi) is 7.79. The SMILES string of the molecule is CCCCCC1CCC(C=CC(=O)OCC)CC1. The summed E-state index contributed by atoms with van der Waals surface area (Å²) < 4.78 is 4.89. The second kappa shape index (κ2) is 9.18. The van der Waals surface area contributed by atoms with Gasteiger partial charge in [0.2, 0.25) is 0 Å². The first-order chi connectivity index (χ1) is 8.76. The highest BCUT2D eigenvalue weighted by atomic mass is 16.5. The quantitative estimate of drug-likeness (QED) is 0.379. The topological polar surface area (TPSA) is 26.3 Å². The number of hydrogen-bond donors (Lipinski definition) is 0. The van der Waals surface area contributed by atoms with E-state index in [1.165, 1.54) is 51.4 Å². The van der Waals surface area contributed by atoms with Crippen LogP contribution in [0.1, 0.15) is 65.2 Å². The molecule has 1 rings (SSSR count). The van der Waals surface area contributed by atoms with Crippen LogP contribution in [0, 0.1) is 11.8 Å². The van der Waals surface area contributed by atoms with Crippen molar-refractivity contribution in [2.45, 2.75) is 65.2 Å². The van der Waals surface area contributed by atoms with Gasteiger partial charge in [0.05, 0.1) is 6.61 Å². The summed E-state index contributed by atoms with van der Waals surface area (Å²) in [6, 6.07) is 0. The van der Waals surface area contributed by atoms with Gasteiger partial charge in [0.1, 0.15) is 0 Å². The van der Waals surface area contributed by atoms with Crippen molar-refractivity contribution in [2.75, 3.05) is 6.61 Å². The van der Waals surface area contributed by atoms with Crippen LogP contribution in [0.15, 0.2) is 12.2 Å². The zero-order chi connectivity index (χ0) is 13.2. The maximum absolute atomic E-state index is 11.2. The zero-order valence-electron chi connectivity index (χ0n) is 12.0. The Labute approximate surface area is 112 Å². The fourth-order valence-corrected chi connectivity index (χ4v) is 2.76. The first kappa shape index (κ1) is 15.3. The van der Waals surface area contributed by atoms with Crippen LogP contribution in [0.2, 0.25) is 0 Å². The minimum Gasteiger partial charge on any atom is -0.463 e. The van der Waals surface area contributed by atoms with E-state index in [1.54, 1.807) is 6.08 Å². The zero-order valence-corrected chi connectivity index (χ0v) is 12.0. The molecule has 0 aromatic carbocycles. The van der Waals surface area contributed by atoms with Gasteiger partial charge in [-0.05, 0) is 44.4 Å². The summed E-state index contributed by atoms with van der Waals surface area (Å²) in [6.07, 6.45) is 14.3. The number of carbonyl (C=O) groups is 1. The van der Waals surface area contributed by atoms with Crippen molar-refractivity contribution in [3.05, 3.63) is 12.2 Å². The van der Waals surface area contributed by atoms with Gasteiger partial charge in [0.15, 0.2) is 0 Å². The van der Waals surface area contributed by atoms with E-state index in [1.807, 2.05) is 6.92 Å². The molecular formula is C16H28O2. The van der Waals surface area contributed by atoms with Crippen molar-refractivity contribution in [1.82, 2.24) is 0 Å². The lowest BCUT2D eigenvalue weighted by Crippen LogP contribution is -2.13. The van der Waals surface area contributed by atoms with E-state index in [0.29, 0.717) is 12.5 Å². The lowest BCUT2D eigenvalue weighted by atomic mass is 9.79. The van der Waals surface area contributed by atoms with E-state index in [4.69, 9.17) is 4.74 Å². The molecule has 0 radical (unpaired) electrons. The van der Waals surface area contributed by atoms with Crippen molar-refractivity contribution >= 4 is 5.97 Å². The molecule has 0 aliphatic heterocycles. The number of hydrogen-bond acceptors (Lipinski definition) is 2. The van der Waals surface area contributed by atoms with Gasteiger partial charge in [-0.1, -0.05) is 38.7 Å². The maximum atomic E-state index is 11.2. The Hall–Kier alpha value is -0.790. The van der Waals surface area contributed by atoms with Gasteiger partial charge < -0.3 is 4.74 Å². The fraction of sp³-hybridized carbons (Fsp3) is 0.812. The molecule has 2 heteroatoms.